The Morgan fingerprint density at radius 1 is 1.20 bits per heavy atom. The Balaban J connectivity index is 2.15. The maximum atomic E-state index is 11.5. The molecule has 0 aromatic heterocycles. The van der Waals surface area contributed by atoms with Crippen LogP contribution in [0.3, 0.4) is 0 Å². The first-order valence-electron chi connectivity index (χ1n) is 7.90. The van der Waals surface area contributed by atoms with Crippen molar-refractivity contribution in [1.82, 2.24) is 0 Å². The lowest BCUT2D eigenvalue weighted by Crippen LogP contribution is -2.29. The normalized spacial score (nSPS) is 12.4. The molecule has 6 heteroatoms. The number of rotatable bonds is 6. The number of nitro benzene ring substituents is 1. The van der Waals surface area contributed by atoms with Gasteiger partial charge < -0.3 is 9.84 Å². The van der Waals surface area contributed by atoms with Crippen LogP contribution in [0, 0.1) is 10.1 Å². The van der Waals surface area contributed by atoms with Crippen LogP contribution >= 0.6 is 0 Å². The van der Waals surface area contributed by atoms with Crippen molar-refractivity contribution in [2.45, 2.75) is 38.7 Å². The SMILES string of the molecule is CC(C)(C)c1ccc(O[C@@H](Cc2cccc([N+](=O)[O-])c2)C(=O)O)cc1. The van der Waals surface area contributed by atoms with E-state index in [9.17, 15) is 20.0 Å². The average molecular weight is 343 g/mol. The quantitative estimate of drug-likeness (QED) is 0.633. The maximum Gasteiger partial charge on any atom is 0.345 e. The second-order valence-corrected chi connectivity index (χ2v) is 6.85. The predicted molar refractivity (Wildman–Crippen MR) is 94.0 cm³/mol. The highest BCUT2D eigenvalue weighted by Gasteiger charge is 2.21. The van der Waals surface area contributed by atoms with Crippen molar-refractivity contribution < 1.29 is 19.6 Å². The fraction of sp³-hybridized carbons (Fsp3) is 0.316. The van der Waals surface area contributed by atoms with Crippen molar-refractivity contribution >= 4 is 11.7 Å². The molecule has 0 aliphatic rings. The van der Waals surface area contributed by atoms with Crippen molar-refractivity contribution in [3.8, 4) is 5.75 Å². The van der Waals surface area contributed by atoms with E-state index in [4.69, 9.17) is 4.74 Å². The number of carbonyl (C=O) groups is 1. The first-order valence-corrected chi connectivity index (χ1v) is 7.90. The summed E-state index contributed by atoms with van der Waals surface area (Å²) >= 11 is 0. The Morgan fingerprint density at radius 3 is 2.36 bits per heavy atom. The van der Waals surface area contributed by atoms with Gasteiger partial charge >= 0.3 is 5.97 Å². The summed E-state index contributed by atoms with van der Waals surface area (Å²) in [5.74, 6) is -0.669. The van der Waals surface area contributed by atoms with E-state index in [1.165, 1.54) is 18.2 Å². The van der Waals surface area contributed by atoms with E-state index in [0.717, 1.165) is 5.56 Å². The fourth-order valence-electron chi connectivity index (χ4n) is 2.39. The van der Waals surface area contributed by atoms with E-state index in [2.05, 4.69) is 20.8 Å². The van der Waals surface area contributed by atoms with Crippen LogP contribution in [0.4, 0.5) is 5.69 Å². The lowest BCUT2D eigenvalue weighted by atomic mass is 9.87. The molecular weight excluding hydrogens is 322 g/mol. The highest BCUT2D eigenvalue weighted by molar-refractivity contribution is 5.73. The zero-order chi connectivity index (χ0) is 18.6. The topological polar surface area (TPSA) is 89.7 Å². The number of ether oxygens (including phenoxy) is 1. The van der Waals surface area contributed by atoms with Gasteiger partial charge in [-0.1, -0.05) is 45.0 Å². The van der Waals surface area contributed by atoms with Crippen molar-refractivity contribution in [3.05, 3.63) is 69.8 Å². The molecule has 6 nitrogen and oxygen atoms in total. The third kappa shape index (κ3) is 5.04. The molecule has 2 aromatic carbocycles. The van der Waals surface area contributed by atoms with Crippen LogP contribution in [0.15, 0.2) is 48.5 Å². The molecule has 0 spiro atoms. The molecule has 25 heavy (non-hydrogen) atoms. The first kappa shape index (κ1) is 18.4. The molecule has 0 aliphatic heterocycles. The molecule has 2 rings (SSSR count). The Labute approximate surface area is 146 Å². The van der Waals surface area contributed by atoms with Gasteiger partial charge in [0.2, 0.25) is 0 Å². The fourth-order valence-corrected chi connectivity index (χ4v) is 2.39. The summed E-state index contributed by atoms with van der Waals surface area (Å²) in [6.07, 6.45) is -1.08. The number of aliphatic carboxylic acids is 1. The maximum absolute atomic E-state index is 11.5. The van der Waals surface area contributed by atoms with Crippen molar-refractivity contribution in [3.63, 3.8) is 0 Å². The molecule has 0 saturated heterocycles. The molecule has 0 unspecified atom stereocenters. The van der Waals surface area contributed by atoms with E-state index in [1.807, 2.05) is 12.1 Å². The minimum Gasteiger partial charge on any atom is -0.478 e. The molecule has 0 radical (unpaired) electrons. The first-order chi connectivity index (χ1) is 11.7. The van der Waals surface area contributed by atoms with Crippen LogP contribution in [0.2, 0.25) is 0 Å². The van der Waals surface area contributed by atoms with Gasteiger partial charge in [-0.2, -0.15) is 0 Å². The molecule has 0 bridgehead atoms. The van der Waals surface area contributed by atoms with Gasteiger partial charge in [-0.05, 0) is 28.7 Å². The predicted octanol–water partition coefficient (Wildman–Crippen LogP) is 3.97. The second-order valence-electron chi connectivity index (χ2n) is 6.85. The summed E-state index contributed by atoms with van der Waals surface area (Å²) in [5, 5.41) is 20.2. The van der Waals surface area contributed by atoms with Crippen LogP contribution in [0.25, 0.3) is 0 Å². The zero-order valence-electron chi connectivity index (χ0n) is 14.4. The summed E-state index contributed by atoms with van der Waals surface area (Å²) in [7, 11) is 0. The van der Waals surface area contributed by atoms with Crippen molar-refractivity contribution in [2.24, 2.45) is 0 Å². The van der Waals surface area contributed by atoms with Gasteiger partial charge in [0.25, 0.3) is 5.69 Å². The summed E-state index contributed by atoms with van der Waals surface area (Å²) in [5.41, 5.74) is 1.57. The molecule has 2 aromatic rings. The molecule has 1 N–H and O–H groups in total. The van der Waals surface area contributed by atoms with Gasteiger partial charge in [0.05, 0.1) is 4.92 Å². The Hall–Kier alpha value is -2.89. The third-order valence-electron chi connectivity index (χ3n) is 3.82. The lowest BCUT2D eigenvalue weighted by molar-refractivity contribution is -0.384. The smallest absolute Gasteiger partial charge is 0.345 e. The summed E-state index contributed by atoms with van der Waals surface area (Å²) < 4.78 is 5.58. The zero-order valence-corrected chi connectivity index (χ0v) is 14.4. The van der Waals surface area contributed by atoms with Gasteiger partial charge in [-0.3, -0.25) is 10.1 Å². The van der Waals surface area contributed by atoms with E-state index in [-0.39, 0.29) is 17.5 Å². The number of carboxylic acids is 1. The average Bonchev–Trinajstić information content (AvgIpc) is 2.54. The number of hydrogen-bond acceptors (Lipinski definition) is 4. The number of nitro groups is 1. The largest absolute Gasteiger partial charge is 0.478 e. The Bertz CT molecular complexity index is 762. The summed E-state index contributed by atoms with van der Waals surface area (Å²) in [6, 6.07) is 13.2. The molecule has 0 fully saturated rings. The molecule has 0 amide bonds. The van der Waals surface area contributed by atoms with E-state index in [1.54, 1.807) is 18.2 Å². The van der Waals surface area contributed by atoms with Gasteiger partial charge in [-0.15, -0.1) is 0 Å². The van der Waals surface area contributed by atoms with Crippen LogP contribution in [0.5, 0.6) is 5.75 Å². The molecule has 0 aliphatic carbocycles. The van der Waals surface area contributed by atoms with Crippen LogP contribution < -0.4 is 4.74 Å². The molecule has 0 saturated carbocycles. The number of nitrogens with zero attached hydrogens (tertiary/aromatic N) is 1. The van der Waals surface area contributed by atoms with Gasteiger partial charge in [-0.25, -0.2) is 4.79 Å². The lowest BCUT2D eigenvalue weighted by Gasteiger charge is -2.20. The second kappa shape index (κ2) is 7.34. The number of benzene rings is 2. The molecule has 132 valence electrons. The molecule has 0 heterocycles. The highest BCUT2D eigenvalue weighted by atomic mass is 16.6. The number of non-ortho nitro benzene ring substituents is 1. The van der Waals surface area contributed by atoms with Gasteiger partial charge in [0.15, 0.2) is 6.10 Å². The third-order valence-corrected chi connectivity index (χ3v) is 3.82. The summed E-state index contributed by atoms with van der Waals surface area (Å²) in [6.45, 7) is 6.27. The molecular formula is C19H21NO5. The monoisotopic (exact) mass is 343 g/mol. The van der Waals surface area contributed by atoms with Crippen molar-refractivity contribution in [2.75, 3.05) is 0 Å². The van der Waals surface area contributed by atoms with Crippen LogP contribution in [0.1, 0.15) is 31.9 Å². The minimum atomic E-state index is -1.12. The van der Waals surface area contributed by atoms with Gasteiger partial charge in [0, 0.05) is 18.6 Å². The summed E-state index contributed by atoms with van der Waals surface area (Å²) in [4.78, 5) is 21.8. The highest BCUT2D eigenvalue weighted by Crippen LogP contribution is 2.25. The standard InChI is InChI=1S/C19H21NO5/c1-19(2,3)14-7-9-16(10-8-14)25-17(18(21)22)12-13-5-4-6-15(11-13)20(23)24/h4-11,17H,12H2,1-3H3,(H,21,22)/t17-/m0/s1. The van der Waals surface area contributed by atoms with Crippen LogP contribution in [-0.2, 0) is 16.6 Å². The molecule has 1 atom stereocenters. The Kier molecular flexibility index (Phi) is 5.41. The number of hydrogen-bond donors (Lipinski definition) is 1. The van der Waals surface area contributed by atoms with Crippen LogP contribution in [-0.4, -0.2) is 22.1 Å². The van der Waals surface area contributed by atoms with E-state index in [0.29, 0.717) is 11.3 Å². The van der Waals surface area contributed by atoms with Crippen molar-refractivity contribution in [1.29, 1.82) is 0 Å². The van der Waals surface area contributed by atoms with E-state index >= 15 is 0 Å². The Morgan fingerprint density at radius 2 is 1.84 bits per heavy atom. The minimum absolute atomic E-state index is 0.00625. The number of carboxylic acid groups (broad SMARTS) is 1. The van der Waals surface area contributed by atoms with Gasteiger partial charge in [0.1, 0.15) is 5.75 Å². The van der Waals surface area contributed by atoms with E-state index < -0.39 is 17.0 Å².